The number of methoxy groups -OCH3 is 1. The van der Waals surface area contributed by atoms with Crippen molar-refractivity contribution >= 4 is 27.3 Å². The monoisotopic (exact) mass is 314 g/mol. The third-order valence-electron chi connectivity index (χ3n) is 2.50. The molecule has 0 saturated carbocycles. The summed E-state index contributed by atoms with van der Waals surface area (Å²) in [5.41, 5.74) is 1.02. The van der Waals surface area contributed by atoms with Crippen LogP contribution in [0.25, 0.3) is 0 Å². The molecule has 0 aliphatic rings. The fourth-order valence-electron chi connectivity index (χ4n) is 1.59. The molecule has 0 radical (unpaired) electrons. The van der Waals surface area contributed by atoms with Crippen molar-refractivity contribution in [2.75, 3.05) is 7.11 Å². The minimum absolute atomic E-state index is 0.177. The Hall–Kier alpha value is -0.870. The molecule has 90 valence electrons. The van der Waals surface area contributed by atoms with E-state index in [1.54, 1.807) is 23.5 Å². The number of rotatable bonds is 4. The topological polar surface area (TPSA) is 9.23 Å². The SMILES string of the molecule is COc1cc(C(Br)Cc2cccs2)ccc1F. The zero-order valence-corrected chi connectivity index (χ0v) is 11.7. The summed E-state index contributed by atoms with van der Waals surface area (Å²) in [6, 6.07) is 9.09. The van der Waals surface area contributed by atoms with Gasteiger partial charge < -0.3 is 4.74 Å². The number of alkyl halides is 1. The molecule has 1 heterocycles. The second-order valence-electron chi connectivity index (χ2n) is 3.65. The molecule has 1 aromatic heterocycles. The van der Waals surface area contributed by atoms with Crippen molar-refractivity contribution in [2.24, 2.45) is 0 Å². The van der Waals surface area contributed by atoms with E-state index in [0.29, 0.717) is 0 Å². The van der Waals surface area contributed by atoms with Gasteiger partial charge in [0.25, 0.3) is 0 Å². The number of halogens is 2. The standard InChI is InChI=1S/C13H12BrFOS/c1-16-13-7-9(4-5-12(13)15)11(14)8-10-3-2-6-17-10/h2-7,11H,8H2,1H3. The predicted molar refractivity (Wildman–Crippen MR) is 72.6 cm³/mol. The van der Waals surface area contributed by atoms with Gasteiger partial charge in [0.05, 0.1) is 7.11 Å². The van der Waals surface area contributed by atoms with Gasteiger partial charge in [0.1, 0.15) is 0 Å². The Labute approximate surface area is 112 Å². The molecule has 4 heteroatoms. The Balaban J connectivity index is 2.16. The Morgan fingerprint density at radius 1 is 1.41 bits per heavy atom. The molecule has 1 atom stereocenters. The van der Waals surface area contributed by atoms with Gasteiger partial charge in [0.15, 0.2) is 11.6 Å². The van der Waals surface area contributed by atoms with E-state index in [2.05, 4.69) is 27.4 Å². The molecule has 2 aromatic rings. The fraction of sp³-hybridized carbons (Fsp3) is 0.231. The van der Waals surface area contributed by atoms with Crippen LogP contribution in [0.1, 0.15) is 15.3 Å². The van der Waals surface area contributed by atoms with Crippen LogP contribution in [-0.4, -0.2) is 7.11 Å². The Morgan fingerprint density at radius 3 is 2.88 bits per heavy atom. The van der Waals surface area contributed by atoms with Gasteiger partial charge in [-0.2, -0.15) is 0 Å². The molecule has 2 rings (SSSR count). The highest BCUT2D eigenvalue weighted by Gasteiger charge is 2.12. The fourth-order valence-corrected chi connectivity index (χ4v) is 3.19. The van der Waals surface area contributed by atoms with E-state index in [-0.39, 0.29) is 16.4 Å². The summed E-state index contributed by atoms with van der Waals surface area (Å²) in [5, 5.41) is 2.06. The normalized spacial score (nSPS) is 12.4. The summed E-state index contributed by atoms with van der Waals surface area (Å²) in [7, 11) is 1.48. The molecular formula is C13H12BrFOS. The van der Waals surface area contributed by atoms with Gasteiger partial charge in [0.2, 0.25) is 0 Å². The van der Waals surface area contributed by atoms with E-state index in [9.17, 15) is 4.39 Å². The van der Waals surface area contributed by atoms with Crippen LogP contribution in [0.4, 0.5) is 4.39 Å². The van der Waals surface area contributed by atoms with Gasteiger partial charge in [-0.1, -0.05) is 28.1 Å². The quantitative estimate of drug-likeness (QED) is 0.751. The molecule has 1 nitrogen and oxygen atoms in total. The van der Waals surface area contributed by atoms with Crippen LogP contribution in [0, 0.1) is 5.82 Å². The number of benzene rings is 1. The predicted octanol–water partition coefficient (Wildman–Crippen LogP) is 4.57. The number of hydrogen-bond donors (Lipinski definition) is 0. The largest absolute Gasteiger partial charge is 0.494 e. The minimum atomic E-state index is -0.327. The van der Waals surface area contributed by atoms with Crippen molar-refractivity contribution in [1.29, 1.82) is 0 Å². The van der Waals surface area contributed by atoms with E-state index >= 15 is 0 Å². The first kappa shape index (κ1) is 12.6. The first-order chi connectivity index (χ1) is 8.20. The number of thiophene rings is 1. The van der Waals surface area contributed by atoms with E-state index in [1.165, 1.54) is 18.1 Å². The highest BCUT2D eigenvalue weighted by Crippen LogP contribution is 2.31. The molecule has 0 aliphatic carbocycles. The van der Waals surface area contributed by atoms with Crippen LogP contribution >= 0.6 is 27.3 Å². The third-order valence-corrected chi connectivity index (χ3v) is 4.25. The second kappa shape index (κ2) is 5.65. The molecule has 1 unspecified atom stereocenters. The van der Waals surface area contributed by atoms with E-state index < -0.39 is 0 Å². The van der Waals surface area contributed by atoms with Crippen molar-refractivity contribution in [3.05, 3.63) is 52.0 Å². The molecule has 0 bridgehead atoms. The van der Waals surface area contributed by atoms with Crippen LogP contribution in [0.3, 0.4) is 0 Å². The molecule has 0 amide bonds. The Kier molecular flexibility index (Phi) is 4.18. The second-order valence-corrected chi connectivity index (χ2v) is 5.78. The van der Waals surface area contributed by atoms with Crippen molar-refractivity contribution < 1.29 is 9.13 Å². The highest BCUT2D eigenvalue weighted by molar-refractivity contribution is 9.09. The van der Waals surface area contributed by atoms with E-state index in [0.717, 1.165) is 12.0 Å². The smallest absolute Gasteiger partial charge is 0.165 e. The van der Waals surface area contributed by atoms with Crippen LogP contribution in [0.15, 0.2) is 35.7 Å². The molecule has 0 N–H and O–H groups in total. The van der Waals surface area contributed by atoms with Crippen molar-refractivity contribution in [3.8, 4) is 5.75 Å². The van der Waals surface area contributed by atoms with Crippen LogP contribution in [-0.2, 0) is 6.42 Å². The lowest BCUT2D eigenvalue weighted by Crippen LogP contribution is -1.96. The lowest BCUT2D eigenvalue weighted by atomic mass is 10.1. The maximum absolute atomic E-state index is 13.3. The molecule has 1 aromatic carbocycles. The average Bonchev–Trinajstić information content (AvgIpc) is 2.82. The molecular weight excluding hydrogens is 303 g/mol. The maximum atomic E-state index is 13.3. The van der Waals surface area contributed by atoms with Gasteiger partial charge >= 0.3 is 0 Å². The van der Waals surface area contributed by atoms with Gasteiger partial charge in [-0.15, -0.1) is 11.3 Å². The highest BCUT2D eigenvalue weighted by atomic mass is 79.9. The number of ether oxygens (including phenoxy) is 1. The first-order valence-electron chi connectivity index (χ1n) is 5.20. The minimum Gasteiger partial charge on any atom is -0.494 e. The third kappa shape index (κ3) is 3.07. The molecule has 0 saturated heterocycles. The Morgan fingerprint density at radius 2 is 2.24 bits per heavy atom. The van der Waals surface area contributed by atoms with Gasteiger partial charge in [0, 0.05) is 9.70 Å². The zero-order valence-electron chi connectivity index (χ0n) is 9.32. The van der Waals surface area contributed by atoms with Crippen LogP contribution in [0.2, 0.25) is 0 Å². The lowest BCUT2D eigenvalue weighted by Gasteiger charge is -2.11. The van der Waals surface area contributed by atoms with Crippen molar-refractivity contribution in [3.63, 3.8) is 0 Å². The van der Waals surface area contributed by atoms with Gasteiger partial charge in [-0.05, 0) is 35.6 Å². The zero-order chi connectivity index (χ0) is 12.3. The van der Waals surface area contributed by atoms with Crippen LogP contribution < -0.4 is 4.74 Å². The van der Waals surface area contributed by atoms with Gasteiger partial charge in [-0.3, -0.25) is 0 Å². The van der Waals surface area contributed by atoms with E-state index in [1.807, 2.05) is 6.07 Å². The summed E-state index contributed by atoms with van der Waals surface area (Å²) >= 11 is 5.35. The van der Waals surface area contributed by atoms with Crippen molar-refractivity contribution in [1.82, 2.24) is 0 Å². The van der Waals surface area contributed by atoms with Crippen LogP contribution in [0.5, 0.6) is 5.75 Å². The maximum Gasteiger partial charge on any atom is 0.165 e. The summed E-state index contributed by atoms with van der Waals surface area (Å²) in [6.45, 7) is 0. The molecule has 0 spiro atoms. The molecule has 0 fully saturated rings. The summed E-state index contributed by atoms with van der Waals surface area (Å²) in [4.78, 5) is 1.48. The number of hydrogen-bond acceptors (Lipinski definition) is 2. The van der Waals surface area contributed by atoms with Gasteiger partial charge in [-0.25, -0.2) is 4.39 Å². The molecule has 17 heavy (non-hydrogen) atoms. The van der Waals surface area contributed by atoms with Crippen molar-refractivity contribution in [2.45, 2.75) is 11.2 Å². The molecule has 0 aliphatic heterocycles. The summed E-state index contributed by atoms with van der Waals surface area (Å²) in [5.74, 6) is -0.0368. The lowest BCUT2D eigenvalue weighted by molar-refractivity contribution is 0.386. The van der Waals surface area contributed by atoms with E-state index in [4.69, 9.17) is 4.74 Å². The Bertz CT molecular complexity index is 484. The first-order valence-corrected chi connectivity index (χ1v) is 7.00. The average molecular weight is 315 g/mol. The summed E-state index contributed by atoms with van der Waals surface area (Å²) < 4.78 is 18.3. The summed E-state index contributed by atoms with van der Waals surface area (Å²) in [6.07, 6.45) is 0.895.